The van der Waals surface area contributed by atoms with Crippen molar-refractivity contribution in [3.05, 3.63) is 30.1 Å². The topological polar surface area (TPSA) is 58.7 Å². The zero-order chi connectivity index (χ0) is 17.9. The number of carbonyl (C=O) groups excluding carboxylic acids is 1. The lowest BCUT2D eigenvalue weighted by Gasteiger charge is -2.56. The fourth-order valence-electron chi connectivity index (χ4n) is 6.67. The number of nitrogens with zero attached hydrogens (tertiary/aromatic N) is 3. The van der Waals surface area contributed by atoms with Crippen LogP contribution in [-0.2, 0) is 11.8 Å². The van der Waals surface area contributed by atoms with Crippen molar-refractivity contribution in [3.8, 4) is 6.07 Å². The molecule has 1 heterocycles. The van der Waals surface area contributed by atoms with Crippen LogP contribution >= 0.6 is 0 Å². The number of aromatic nitrogens is 2. The molecule has 0 amide bonds. The van der Waals surface area contributed by atoms with Gasteiger partial charge in [-0.15, -0.1) is 0 Å². The highest BCUT2D eigenvalue weighted by Crippen LogP contribution is 2.61. The number of para-hydroxylation sites is 2. The van der Waals surface area contributed by atoms with Crippen LogP contribution in [0.15, 0.2) is 24.3 Å². The molecule has 134 valence electrons. The molecule has 4 aliphatic carbocycles. The molecule has 4 heteroatoms. The van der Waals surface area contributed by atoms with E-state index in [1.165, 1.54) is 38.5 Å². The SMILES string of the molecule is Cn1c([C@@H](C#N)C(=O)CC23CC4CC(CC(C4)C2)C3)nc2ccccc21. The van der Waals surface area contributed by atoms with E-state index in [9.17, 15) is 10.1 Å². The monoisotopic (exact) mass is 347 g/mol. The van der Waals surface area contributed by atoms with Crippen LogP contribution < -0.4 is 0 Å². The number of imidazole rings is 1. The molecular weight excluding hydrogens is 322 g/mol. The van der Waals surface area contributed by atoms with Gasteiger partial charge < -0.3 is 4.57 Å². The summed E-state index contributed by atoms with van der Waals surface area (Å²) in [6, 6.07) is 10.1. The summed E-state index contributed by atoms with van der Waals surface area (Å²) in [7, 11) is 1.91. The molecule has 1 aromatic heterocycles. The van der Waals surface area contributed by atoms with E-state index in [1.54, 1.807) is 0 Å². The van der Waals surface area contributed by atoms with E-state index >= 15 is 0 Å². The Kier molecular flexibility index (Phi) is 3.50. The van der Waals surface area contributed by atoms with Crippen LogP contribution in [0.1, 0.15) is 56.7 Å². The average Bonchev–Trinajstić information content (AvgIpc) is 2.91. The quantitative estimate of drug-likeness (QED) is 0.826. The van der Waals surface area contributed by atoms with Gasteiger partial charge in [-0.2, -0.15) is 5.26 Å². The Morgan fingerprint density at radius 3 is 2.42 bits per heavy atom. The third-order valence-electron chi connectivity index (χ3n) is 7.25. The van der Waals surface area contributed by atoms with E-state index in [4.69, 9.17) is 0 Å². The Bertz CT molecular complexity index is 884. The van der Waals surface area contributed by atoms with Gasteiger partial charge in [-0.3, -0.25) is 4.79 Å². The predicted octanol–water partition coefficient (Wildman–Crippen LogP) is 4.36. The Morgan fingerprint density at radius 1 is 1.23 bits per heavy atom. The van der Waals surface area contributed by atoms with Crippen LogP contribution in [0.3, 0.4) is 0 Å². The number of nitriles is 1. The average molecular weight is 347 g/mol. The minimum absolute atomic E-state index is 0.0767. The van der Waals surface area contributed by atoms with Gasteiger partial charge in [0, 0.05) is 13.5 Å². The molecule has 0 radical (unpaired) electrons. The van der Waals surface area contributed by atoms with Crippen molar-refractivity contribution in [1.29, 1.82) is 5.26 Å². The lowest BCUT2D eigenvalue weighted by Crippen LogP contribution is -2.47. The molecule has 0 saturated heterocycles. The van der Waals surface area contributed by atoms with Gasteiger partial charge in [0.05, 0.1) is 17.1 Å². The first-order chi connectivity index (χ1) is 12.6. The highest BCUT2D eigenvalue weighted by atomic mass is 16.1. The number of Topliss-reactive ketones (excluding diaryl/α,β-unsaturated/α-hetero) is 1. The lowest BCUT2D eigenvalue weighted by atomic mass is 9.48. The molecule has 4 nitrogen and oxygen atoms in total. The van der Waals surface area contributed by atoms with Crippen LogP contribution in [0, 0.1) is 34.5 Å². The first-order valence-corrected chi connectivity index (χ1v) is 9.90. The zero-order valence-electron chi connectivity index (χ0n) is 15.3. The van der Waals surface area contributed by atoms with E-state index in [1.807, 2.05) is 35.9 Å². The smallest absolute Gasteiger partial charge is 0.162 e. The molecule has 6 rings (SSSR count). The third kappa shape index (κ3) is 2.40. The van der Waals surface area contributed by atoms with E-state index in [0.717, 1.165) is 28.8 Å². The van der Waals surface area contributed by atoms with E-state index in [2.05, 4.69) is 11.1 Å². The largest absolute Gasteiger partial charge is 0.330 e. The second kappa shape index (κ2) is 5.67. The predicted molar refractivity (Wildman–Crippen MR) is 99.3 cm³/mol. The number of rotatable bonds is 4. The Morgan fingerprint density at radius 2 is 1.85 bits per heavy atom. The highest BCUT2D eigenvalue weighted by Gasteiger charge is 2.52. The first-order valence-electron chi connectivity index (χ1n) is 9.90. The second-order valence-electron chi connectivity index (χ2n) is 9.14. The lowest BCUT2D eigenvalue weighted by molar-refractivity contribution is -0.127. The molecule has 4 fully saturated rings. The standard InChI is InChI=1S/C22H25N3O/c1-25-19-5-3-2-4-18(19)24-21(25)17(13-23)20(26)12-22-9-14-6-15(10-22)8-16(7-14)11-22/h2-5,14-17H,6-12H2,1H3/t14?,15?,16?,17-,22?/m0/s1. The fourth-order valence-corrected chi connectivity index (χ4v) is 6.67. The molecule has 4 aliphatic rings. The van der Waals surface area contributed by atoms with Gasteiger partial charge in [-0.1, -0.05) is 12.1 Å². The Balaban J connectivity index is 1.43. The minimum Gasteiger partial charge on any atom is -0.330 e. The first kappa shape index (κ1) is 16.1. The molecule has 0 spiro atoms. The van der Waals surface area contributed by atoms with Crippen molar-refractivity contribution in [3.63, 3.8) is 0 Å². The molecule has 0 unspecified atom stereocenters. The molecule has 1 aromatic carbocycles. The van der Waals surface area contributed by atoms with Crippen LogP contribution in [0.2, 0.25) is 0 Å². The maximum absolute atomic E-state index is 13.2. The summed E-state index contributed by atoms with van der Waals surface area (Å²) in [5.74, 6) is 2.40. The second-order valence-corrected chi connectivity index (χ2v) is 9.14. The van der Waals surface area contributed by atoms with Gasteiger partial charge in [0.2, 0.25) is 0 Å². The van der Waals surface area contributed by atoms with Crippen LogP contribution in [0.25, 0.3) is 11.0 Å². The number of fused-ring (bicyclic) bond motifs is 1. The van der Waals surface area contributed by atoms with Crippen molar-refractivity contribution < 1.29 is 4.79 Å². The van der Waals surface area contributed by atoms with Gasteiger partial charge >= 0.3 is 0 Å². The van der Waals surface area contributed by atoms with Crippen LogP contribution in [0.4, 0.5) is 0 Å². The molecule has 26 heavy (non-hydrogen) atoms. The van der Waals surface area contributed by atoms with Gasteiger partial charge in [-0.05, 0) is 73.8 Å². The van der Waals surface area contributed by atoms with Crippen molar-refractivity contribution in [2.75, 3.05) is 0 Å². The number of hydrogen-bond donors (Lipinski definition) is 0. The number of ketones is 1. The van der Waals surface area contributed by atoms with E-state index < -0.39 is 5.92 Å². The van der Waals surface area contributed by atoms with Crippen molar-refractivity contribution in [2.24, 2.45) is 30.2 Å². The summed E-state index contributed by atoms with van der Waals surface area (Å²) in [5, 5.41) is 9.79. The number of carbonyl (C=O) groups is 1. The Hall–Kier alpha value is -2.15. The summed E-state index contributed by atoms with van der Waals surface area (Å²) in [6.45, 7) is 0. The molecule has 4 saturated carbocycles. The summed E-state index contributed by atoms with van der Waals surface area (Å²) < 4.78 is 1.92. The van der Waals surface area contributed by atoms with Crippen molar-refractivity contribution >= 4 is 16.8 Å². The normalized spacial score (nSPS) is 33.3. The zero-order valence-corrected chi connectivity index (χ0v) is 15.3. The molecule has 0 N–H and O–H groups in total. The third-order valence-corrected chi connectivity index (χ3v) is 7.25. The maximum Gasteiger partial charge on any atom is 0.162 e. The number of hydrogen-bond acceptors (Lipinski definition) is 3. The molecule has 2 aromatic rings. The van der Waals surface area contributed by atoms with Gasteiger partial charge in [-0.25, -0.2) is 4.98 Å². The van der Waals surface area contributed by atoms with E-state index in [0.29, 0.717) is 12.2 Å². The molecule has 4 bridgehead atoms. The summed E-state index contributed by atoms with van der Waals surface area (Å²) in [5.41, 5.74) is 2.00. The van der Waals surface area contributed by atoms with Crippen LogP contribution in [0.5, 0.6) is 0 Å². The maximum atomic E-state index is 13.2. The summed E-state index contributed by atoms with van der Waals surface area (Å²) in [4.78, 5) is 17.8. The van der Waals surface area contributed by atoms with E-state index in [-0.39, 0.29) is 11.2 Å². The van der Waals surface area contributed by atoms with Crippen molar-refractivity contribution in [2.45, 2.75) is 50.9 Å². The fraction of sp³-hybridized carbons (Fsp3) is 0.591. The summed E-state index contributed by atoms with van der Waals surface area (Å²) in [6.07, 6.45) is 8.29. The Labute approximate surface area is 154 Å². The molecular formula is C22H25N3O. The van der Waals surface area contributed by atoms with Gasteiger partial charge in [0.15, 0.2) is 11.7 Å². The van der Waals surface area contributed by atoms with Gasteiger partial charge in [0.25, 0.3) is 0 Å². The molecule has 1 atom stereocenters. The minimum atomic E-state index is -0.750. The van der Waals surface area contributed by atoms with Crippen molar-refractivity contribution in [1.82, 2.24) is 9.55 Å². The highest BCUT2D eigenvalue weighted by molar-refractivity contribution is 5.89. The summed E-state index contributed by atoms with van der Waals surface area (Å²) >= 11 is 0. The molecule has 0 aliphatic heterocycles. The number of aryl methyl sites for hydroxylation is 1. The number of benzene rings is 1. The van der Waals surface area contributed by atoms with Gasteiger partial charge in [0.1, 0.15) is 5.82 Å². The van der Waals surface area contributed by atoms with Crippen LogP contribution in [-0.4, -0.2) is 15.3 Å².